The molecule has 2 rings (SSSR count). The molecule has 0 bridgehead atoms. The molecule has 0 amide bonds. The van der Waals surface area contributed by atoms with E-state index in [1.54, 1.807) is 0 Å². The van der Waals surface area contributed by atoms with Crippen molar-refractivity contribution in [2.75, 3.05) is 0 Å². The average molecular weight is 418 g/mol. The lowest BCUT2D eigenvalue weighted by Crippen LogP contribution is -2.33. The molecule has 3 heteroatoms. The third kappa shape index (κ3) is 8.60. The van der Waals surface area contributed by atoms with E-state index in [1.807, 2.05) is 0 Å². The van der Waals surface area contributed by atoms with Crippen molar-refractivity contribution >= 4 is 5.97 Å². The largest absolute Gasteiger partial charge is 0.462 e. The molecule has 0 saturated heterocycles. The fourth-order valence-corrected chi connectivity index (χ4v) is 5.55. The Labute approximate surface area is 186 Å². The molecule has 2 saturated carbocycles. The molecule has 0 radical (unpaired) electrons. The van der Waals surface area contributed by atoms with E-state index in [0.717, 1.165) is 57.3 Å². The van der Waals surface area contributed by atoms with Gasteiger partial charge < -0.3 is 4.74 Å². The Morgan fingerprint density at radius 3 is 2.07 bits per heavy atom. The van der Waals surface area contributed by atoms with Crippen molar-refractivity contribution in [3.05, 3.63) is 0 Å². The molecule has 3 nitrogen and oxygen atoms in total. The molecule has 0 unspecified atom stereocenters. The fraction of sp³-hybridized carbons (Fsp3) is 0.926. The van der Waals surface area contributed by atoms with Gasteiger partial charge in [0.1, 0.15) is 6.10 Å². The quantitative estimate of drug-likeness (QED) is 0.224. The number of unbranched alkanes of at least 4 members (excludes halogenated alkanes) is 7. The first-order valence-electron chi connectivity index (χ1n) is 13.2. The maximum absolute atomic E-state index is 12.7. The summed E-state index contributed by atoms with van der Waals surface area (Å²) < 4.78 is 5.92. The van der Waals surface area contributed by atoms with Gasteiger partial charge in [-0.25, -0.2) is 0 Å². The monoisotopic (exact) mass is 417 g/mol. The van der Waals surface area contributed by atoms with Gasteiger partial charge >= 0.3 is 5.97 Å². The third-order valence-electron chi connectivity index (χ3n) is 7.81. The van der Waals surface area contributed by atoms with Crippen LogP contribution in [0, 0.1) is 28.6 Å². The van der Waals surface area contributed by atoms with Crippen molar-refractivity contribution in [1.82, 2.24) is 0 Å². The molecule has 2 fully saturated rings. The zero-order chi connectivity index (χ0) is 21.7. The van der Waals surface area contributed by atoms with Crippen LogP contribution in [0.4, 0.5) is 0 Å². The van der Waals surface area contributed by atoms with Crippen LogP contribution in [0.2, 0.25) is 0 Å². The van der Waals surface area contributed by atoms with E-state index in [0.29, 0.717) is 0 Å². The number of carbonyl (C=O) groups excluding carboxylic acids is 1. The minimum Gasteiger partial charge on any atom is -0.462 e. The van der Waals surface area contributed by atoms with E-state index in [9.17, 15) is 10.1 Å². The van der Waals surface area contributed by atoms with Crippen LogP contribution >= 0.6 is 0 Å². The molecular weight excluding hydrogens is 370 g/mol. The molecule has 172 valence electrons. The van der Waals surface area contributed by atoms with E-state index in [1.165, 1.54) is 70.6 Å². The van der Waals surface area contributed by atoms with Crippen molar-refractivity contribution in [3.63, 3.8) is 0 Å². The fourth-order valence-electron chi connectivity index (χ4n) is 5.55. The highest BCUT2D eigenvalue weighted by atomic mass is 16.5. The highest BCUT2D eigenvalue weighted by molar-refractivity contribution is 5.72. The first-order valence-corrected chi connectivity index (χ1v) is 13.2. The van der Waals surface area contributed by atoms with Crippen LogP contribution < -0.4 is 0 Å². The predicted octanol–water partition coefficient (Wildman–Crippen LogP) is 8.12. The van der Waals surface area contributed by atoms with Gasteiger partial charge in [-0.05, 0) is 63.7 Å². The lowest BCUT2D eigenvalue weighted by molar-refractivity contribution is -0.158. The van der Waals surface area contributed by atoms with Crippen LogP contribution in [0.15, 0.2) is 0 Å². The summed E-state index contributed by atoms with van der Waals surface area (Å²) in [5, 5.41) is 9.74. The van der Waals surface area contributed by atoms with E-state index < -0.39 is 0 Å². The Morgan fingerprint density at radius 1 is 0.867 bits per heavy atom. The average Bonchev–Trinajstić information content (AvgIpc) is 2.78. The molecule has 0 aliphatic heterocycles. The van der Waals surface area contributed by atoms with Gasteiger partial charge in [-0.2, -0.15) is 5.26 Å². The van der Waals surface area contributed by atoms with Gasteiger partial charge in [0.15, 0.2) is 0 Å². The van der Waals surface area contributed by atoms with E-state index in [-0.39, 0.29) is 23.4 Å². The smallest absolute Gasteiger partial charge is 0.309 e. The summed E-state index contributed by atoms with van der Waals surface area (Å²) in [5.74, 6) is 1.00. The van der Waals surface area contributed by atoms with Crippen molar-refractivity contribution in [3.8, 4) is 6.07 Å². The lowest BCUT2D eigenvalue weighted by atomic mass is 9.71. The highest BCUT2D eigenvalue weighted by Gasteiger charge is 2.37. The summed E-state index contributed by atoms with van der Waals surface area (Å²) in [4.78, 5) is 12.7. The van der Waals surface area contributed by atoms with Crippen LogP contribution in [-0.4, -0.2) is 12.1 Å². The molecule has 30 heavy (non-hydrogen) atoms. The summed E-state index contributed by atoms with van der Waals surface area (Å²) in [6, 6.07) is 2.62. The Hall–Kier alpha value is -1.04. The SMILES string of the molecule is CCCCCCC[C@H]1CC[C@H](C(=O)O[C@H]2CC[C@](C#N)(CCCCCC)CC2)CC1. The lowest BCUT2D eigenvalue weighted by Gasteiger charge is -2.35. The number of ether oxygens (including phenoxy) is 1. The van der Waals surface area contributed by atoms with Gasteiger partial charge in [-0.1, -0.05) is 78.1 Å². The second-order valence-corrected chi connectivity index (χ2v) is 10.3. The number of rotatable bonds is 13. The van der Waals surface area contributed by atoms with Crippen LogP contribution in [0.5, 0.6) is 0 Å². The number of nitriles is 1. The third-order valence-corrected chi connectivity index (χ3v) is 7.81. The molecule has 0 spiro atoms. The van der Waals surface area contributed by atoms with Gasteiger partial charge in [-0.3, -0.25) is 4.79 Å². The van der Waals surface area contributed by atoms with Gasteiger partial charge in [0.2, 0.25) is 0 Å². The van der Waals surface area contributed by atoms with E-state index >= 15 is 0 Å². The van der Waals surface area contributed by atoms with Crippen LogP contribution in [-0.2, 0) is 9.53 Å². The van der Waals surface area contributed by atoms with Gasteiger partial charge in [0.25, 0.3) is 0 Å². The van der Waals surface area contributed by atoms with Crippen molar-refractivity contribution in [2.24, 2.45) is 17.3 Å². The minimum atomic E-state index is -0.161. The number of esters is 1. The molecule has 0 N–H and O–H groups in total. The normalized spacial score (nSPS) is 29.3. The Morgan fingerprint density at radius 2 is 1.47 bits per heavy atom. The Kier molecular flexibility index (Phi) is 11.9. The summed E-state index contributed by atoms with van der Waals surface area (Å²) in [6.45, 7) is 4.49. The van der Waals surface area contributed by atoms with E-state index in [4.69, 9.17) is 4.74 Å². The number of hydrogen-bond donors (Lipinski definition) is 0. The van der Waals surface area contributed by atoms with Crippen LogP contribution in [0.25, 0.3) is 0 Å². The summed E-state index contributed by atoms with van der Waals surface area (Å²) in [5.41, 5.74) is -0.161. The standard InChI is InChI=1S/C27H47NO2/c1-3-5-7-9-10-12-23-13-15-24(16-14-23)26(29)30-25-17-20-27(22-28,21-18-25)19-11-8-6-4-2/h23-25H,3-21H2,1-2H3/t23-,24-,25-,27+. The van der Waals surface area contributed by atoms with Crippen LogP contribution in [0.3, 0.4) is 0 Å². The first kappa shape index (κ1) is 25.2. The number of hydrogen-bond acceptors (Lipinski definition) is 3. The minimum absolute atomic E-state index is 0.0471. The van der Waals surface area contributed by atoms with Crippen molar-refractivity contribution in [1.29, 1.82) is 5.26 Å². The first-order chi connectivity index (χ1) is 14.6. The zero-order valence-electron chi connectivity index (χ0n) is 19.9. The Bertz CT molecular complexity index is 507. The molecule has 0 heterocycles. The van der Waals surface area contributed by atoms with Gasteiger partial charge in [0.05, 0.1) is 17.4 Å². The van der Waals surface area contributed by atoms with E-state index in [2.05, 4.69) is 19.9 Å². The molecule has 0 aromatic carbocycles. The highest BCUT2D eigenvalue weighted by Crippen LogP contribution is 2.41. The molecule has 0 atom stereocenters. The zero-order valence-corrected chi connectivity index (χ0v) is 19.9. The van der Waals surface area contributed by atoms with Crippen molar-refractivity contribution in [2.45, 2.75) is 142 Å². The van der Waals surface area contributed by atoms with Gasteiger partial charge in [0, 0.05) is 0 Å². The molecule has 2 aliphatic carbocycles. The van der Waals surface area contributed by atoms with Gasteiger partial charge in [-0.15, -0.1) is 0 Å². The summed E-state index contributed by atoms with van der Waals surface area (Å²) >= 11 is 0. The number of carbonyl (C=O) groups is 1. The summed E-state index contributed by atoms with van der Waals surface area (Å²) in [6.07, 6.45) is 22.1. The molecular formula is C27H47NO2. The molecule has 2 aliphatic rings. The van der Waals surface area contributed by atoms with Crippen LogP contribution in [0.1, 0.15) is 136 Å². The second kappa shape index (κ2) is 14.1. The number of nitrogens with zero attached hydrogens (tertiary/aromatic N) is 1. The maximum Gasteiger partial charge on any atom is 0.309 e. The molecule has 0 aromatic heterocycles. The predicted molar refractivity (Wildman–Crippen MR) is 124 cm³/mol. The maximum atomic E-state index is 12.7. The topological polar surface area (TPSA) is 50.1 Å². The molecule has 0 aromatic rings. The summed E-state index contributed by atoms with van der Waals surface area (Å²) in [7, 11) is 0. The Balaban J connectivity index is 1.62. The second-order valence-electron chi connectivity index (χ2n) is 10.3. The van der Waals surface area contributed by atoms with Crippen molar-refractivity contribution < 1.29 is 9.53 Å².